The van der Waals surface area contributed by atoms with Crippen LogP contribution in [0, 0.1) is 5.92 Å². The molecule has 3 aliphatic rings. The summed E-state index contributed by atoms with van der Waals surface area (Å²) in [7, 11) is 0. The molecular weight excluding hydrogens is 569 g/mol. The number of piperidine rings is 3. The average Bonchev–Trinajstić information content (AvgIpc) is 2.97. The number of hydrogen-bond acceptors (Lipinski definition) is 7. The van der Waals surface area contributed by atoms with Gasteiger partial charge in [-0.1, -0.05) is 60.7 Å². The molecule has 2 aromatic rings. The number of aliphatic hydroxyl groups is 1. The molecule has 12 heteroatoms. The summed E-state index contributed by atoms with van der Waals surface area (Å²) in [6.07, 6.45) is -2.74. The molecule has 3 fully saturated rings. The quantitative estimate of drug-likeness (QED) is 0.228. The van der Waals surface area contributed by atoms with Crippen molar-refractivity contribution in [2.45, 2.75) is 57.1 Å². The lowest BCUT2D eigenvalue weighted by Gasteiger charge is -2.51. The van der Waals surface area contributed by atoms with E-state index in [0.717, 1.165) is 32.4 Å². The number of benzene rings is 2. The van der Waals surface area contributed by atoms with Crippen LogP contribution in [0.5, 0.6) is 0 Å². The van der Waals surface area contributed by atoms with Crippen LogP contribution in [0.3, 0.4) is 0 Å². The van der Waals surface area contributed by atoms with Crippen molar-refractivity contribution in [2.75, 3.05) is 39.3 Å². The summed E-state index contributed by atoms with van der Waals surface area (Å²) in [5.74, 6) is -3.39. The molecule has 0 radical (unpaired) electrons. The van der Waals surface area contributed by atoms with E-state index >= 15 is 0 Å². The van der Waals surface area contributed by atoms with Gasteiger partial charge in [0.15, 0.2) is 12.6 Å². The molecule has 3 heterocycles. The molecule has 236 valence electrons. The molecule has 0 aromatic heterocycles. The third-order valence-corrected chi connectivity index (χ3v) is 7.78. The maximum atomic E-state index is 13.6. The van der Waals surface area contributed by atoms with Crippen molar-refractivity contribution in [3.8, 4) is 0 Å². The molecule has 43 heavy (non-hydrogen) atoms. The standard InChI is InChI=1S/C29H38N2O5.C2HF3O2/c1-22(2)35-19-9-16-30-27(32)21-31-17-14-23(15-18-31)26(20-31)36-28(33)29(34,24-10-5-3-6-11-24)25-12-7-4-8-13-25;3-2(4,5)1(6)7/h3-8,10-13,22-23,26,34H,9,14-21H2,1-2H3;(H,6,7)/t23?,26-,31?;/m0./s1. The van der Waals surface area contributed by atoms with Gasteiger partial charge in [-0.2, -0.15) is 13.2 Å². The van der Waals surface area contributed by atoms with Gasteiger partial charge in [-0.15, -0.1) is 0 Å². The zero-order valence-electron chi connectivity index (χ0n) is 24.3. The summed E-state index contributed by atoms with van der Waals surface area (Å²) in [6, 6.07) is 17.9. The van der Waals surface area contributed by atoms with E-state index in [-0.39, 0.29) is 24.0 Å². The number of quaternary nitrogens is 1. The van der Waals surface area contributed by atoms with Crippen LogP contribution in [-0.2, 0) is 29.5 Å². The Morgan fingerprint density at radius 1 is 1.00 bits per heavy atom. The Hall–Kier alpha value is -3.48. The molecule has 2 aromatic carbocycles. The summed E-state index contributed by atoms with van der Waals surface area (Å²) >= 11 is 0. The molecule has 0 saturated carbocycles. The Bertz CT molecular complexity index is 1160. The van der Waals surface area contributed by atoms with Gasteiger partial charge in [-0.3, -0.25) is 4.79 Å². The number of halogens is 3. The number of nitrogens with one attached hydrogen (secondary N) is 1. The average molecular weight is 609 g/mol. The molecule has 5 rings (SSSR count). The van der Waals surface area contributed by atoms with Crippen LogP contribution in [0.4, 0.5) is 13.2 Å². The molecule has 9 nitrogen and oxygen atoms in total. The number of rotatable bonds is 11. The van der Waals surface area contributed by atoms with Crippen molar-refractivity contribution in [3.05, 3.63) is 71.8 Å². The number of aliphatic carboxylic acids is 1. The summed E-state index contributed by atoms with van der Waals surface area (Å²) in [4.78, 5) is 35.1. The van der Waals surface area contributed by atoms with Gasteiger partial charge >= 0.3 is 12.1 Å². The first-order chi connectivity index (χ1) is 20.3. The van der Waals surface area contributed by atoms with Crippen LogP contribution in [0.25, 0.3) is 0 Å². The highest BCUT2D eigenvalue weighted by Crippen LogP contribution is 2.38. The minimum absolute atomic E-state index is 0.0232. The van der Waals surface area contributed by atoms with Gasteiger partial charge in [-0.25, -0.2) is 4.79 Å². The van der Waals surface area contributed by atoms with Crippen LogP contribution >= 0.6 is 0 Å². The summed E-state index contributed by atoms with van der Waals surface area (Å²) in [5.41, 5.74) is -0.936. The van der Waals surface area contributed by atoms with Crippen molar-refractivity contribution >= 4 is 17.8 Å². The zero-order valence-corrected chi connectivity index (χ0v) is 24.3. The molecule has 0 aliphatic carbocycles. The largest absolute Gasteiger partial charge is 0.542 e. The molecule has 2 bridgehead atoms. The van der Waals surface area contributed by atoms with E-state index in [4.69, 9.17) is 19.4 Å². The second-order valence-corrected chi connectivity index (χ2v) is 11.3. The van der Waals surface area contributed by atoms with Crippen LogP contribution in [0.15, 0.2) is 60.7 Å². The normalized spacial score (nSPS) is 21.5. The molecule has 0 unspecified atom stereocenters. The fraction of sp³-hybridized carbons (Fsp3) is 0.516. The number of nitrogens with zero attached hydrogens (tertiary/aromatic N) is 1. The Labute approximate surface area is 249 Å². The first-order valence-electron chi connectivity index (χ1n) is 14.3. The lowest BCUT2D eigenvalue weighted by Crippen LogP contribution is -2.67. The van der Waals surface area contributed by atoms with Crippen molar-refractivity contribution in [2.24, 2.45) is 5.92 Å². The number of carboxylic acids is 1. The molecular formula is C31H39F3N2O7. The fourth-order valence-corrected chi connectivity index (χ4v) is 5.54. The highest BCUT2D eigenvalue weighted by molar-refractivity contribution is 5.85. The predicted octanol–water partition coefficient (Wildman–Crippen LogP) is 2.30. The summed E-state index contributed by atoms with van der Waals surface area (Å²) in [6.45, 7) is 8.01. The number of carboxylic acid groups (broad SMARTS) is 1. The lowest BCUT2D eigenvalue weighted by atomic mass is 9.82. The Morgan fingerprint density at radius 3 is 1.98 bits per heavy atom. The molecule has 1 amide bonds. The Morgan fingerprint density at radius 2 is 1.51 bits per heavy atom. The SMILES string of the molecule is CC(C)OCCCNC(=O)C[N+]12CCC(CC1)[C@@H](OC(=O)C(O)(c1ccccc1)c1ccccc1)C2.O=C([O-])C(F)(F)F. The van der Waals surface area contributed by atoms with Gasteiger partial charge in [-0.05, 0) is 31.4 Å². The first kappa shape index (κ1) is 34.0. The Balaban J connectivity index is 0.000000646. The highest BCUT2D eigenvalue weighted by atomic mass is 19.4. The van der Waals surface area contributed by atoms with Gasteiger partial charge < -0.3 is 34.3 Å². The van der Waals surface area contributed by atoms with Crippen LogP contribution in [0.1, 0.15) is 44.2 Å². The van der Waals surface area contributed by atoms with E-state index in [1.165, 1.54) is 0 Å². The Kier molecular flexibility index (Phi) is 11.7. The number of alkyl halides is 3. The van der Waals surface area contributed by atoms with E-state index < -0.39 is 23.7 Å². The lowest BCUT2D eigenvalue weighted by molar-refractivity contribution is -0.939. The second kappa shape index (κ2) is 14.8. The van der Waals surface area contributed by atoms with Gasteiger partial charge in [0.2, 0.25) is 5.60 Å². The zero-order chi connectivity index (χ0) is 31.7. The van der Waals surface area contributed by atoms with Crippen LogP contribution in [0.2, 0.25) is 0 Å². The van der Waals surface area contributed by atoms with Crippen molar-refractivity contribution in [1.29, 1.82) is 0 Å². The summed E-state index contributed by atoms with van der Waals surface area (Å²) in [5, 5.41) is 23.6. The second-order valence-electron chi connectivity index (χ2n) is 11.3. The molecule has 1 atom stereocenters. The third kappa shape index (κ3) is 9.25. The van der Waals surface area contributed by atoms with Crippen LogP contribution < -0.4 is 10.4 Å². The molecule has 3 saturated heterocycles. The number of carbonyl (C=O) groups excluding carboxylic acids is 3. The highest BCUT2D eigenvalue weighted by Gasteiger charge is 2.51. The fourth-order valence-electron chi connectivity index (χ4n) is 5.54. The molecule has 2 N–H and O–H groups in total. The van der Waals surface area contributed by atoms with E-state index in [9.17, 15) is 27.9 Å². The minimum atomic E-state index is -5.19. The maximum absolute atomic E-state index is 13.6. The monoisotopic (exact) mass is 608 g/mol. The van der Waals surface area contributed by atoms with Gasteiger partial charge in [0.25, 0.3) is 5.91 Å². The van der Waals surface area contributed by atoms with Crippen molar-refractivity contribution in [1.82, 2.24) is 5.32 Å². The van der Waals surface area contributed by atoms with E-state index in [1.807, 2.05) is 26.0 Å². The number of ether oxygens (including phenoxy) is 2. The molecule has 0 spiro atoms. The number of fused-ring (bicyclic) bond motifs is 3. The number of carbonyl (C=O) groups is 3. The van der Waals surface area contributed by atoms with E-state index in [1.54, 1.807) is 48.5 Å². The first-order valence-corrected chi connectivity index (χ1v) is 14.3. The minimum Gasteiger partial charge on any atom is -0.542 e. The smallest absolute Gasteiger partial charge is 0.430 e. The van der Waals surface area contributed by atoms with Gasteiger partial charge in [0, 0.05) is 31.9 Å². The number of amides is 1. The van der Waals surface area contributed by atoms with Gasteiger partial charge in [0.1, 0.15) is 12.5 Å². The maximum Gasteiger partial charge on any atom is 0.430 e. The number of esters is 1. The summed E-state index contributed by atoms with van der Waals surface area (Å²) < 4.78 is 43.8. The van der Waals surface area contributed by atoms with Crippen molar-refractivity contribution in [3.63, 3.8) is 0 Å². The number of hydrogen-bond donors (Lipinski definition) is 2. The van der Waals surface area contributed by atoms with Crippen LogP contribution in [-0.4, -0.2) is 85.2 Å². The third-order valence-electron chi connectivity index (χ3n) is 7.78. The topological polar surface area (TPSA) is 125 Å². The molecule has 3 aliphatic heterocycles. The van der Waals surface area contributed by atoms with Gasteiger partial charge in [0.05, 0.1) is 19.2 Å². The van der Waals surface area contributed by atoms with E-state index in [2.05, 4.69) is 5.32 Å². The predicted molar refractivity (Wildman–Crippen MR) is 148 cm³/mol. The van der Waals surface area contributed by atoms with E-state index in [0.29, 0.717) is 41.9 Å². The van der Waals surface area contributed by atoms with Crippen molar-refractivity contribution < 1.29 is 51.7 Å².